The van der Waals surface area contributed by atoms with Crippen LogP contribution in [0.25, 0.3) is 0 Å². The number of alkyl halides is 2. The summed E-state index contributed by atoms with van der Waals surface area (Å²) < 4.78 is 35.2. The molecule has 0 spiro atoms. The van der Waals surface area contributed by atoms with Gasteiger partial charge in [0.05, 0.1) is 0 Å². The van der Waals surface area contributed by atoms with E-state index in [4.69, 9.17) is 9.47 Å². The predicted octanol–water partition coefficient (Wildman–Crippen LogP) is 4.34. The monoisotopic (exact) mass is 309 g/mol. The van der Waals surface area contributed by atoms with Crippen molar-refractivity contribution in [1.29, 1.82) is 0 Å². The third-order valence-electron chi connectivity index (χ3n) is 3.04. The number of benzene rings is 2. The molecule has 0 saturated heterocycles. The lowest BCUT2D eigenvalue weighted by Crippen LogP contribution is -2.01. The maximum absolute atomic E-state index is 12.2. The molecule has 0 aromatic heterocycles. The highest BCUT2D eigenvalue weighted by atomic mass is 32.2. The van der Waals surface area contributed by atoms with Gasteiger partial charge in [-0.05, 0) is 30.3 Å². The van der Waals surface area contributed by atoms with Crippen molar-refractivity contribution >= 4 is 17.4 Å². The van der Waals surface area contributed by atoms with Crippen molar-refractivity contribution in [3.63, 3.8) is 0 Å². The molecule has 2 aromatic carbocycles. The molecule has 3 nitrogen and oxygen atoms in total. The summed E-state index contributed by atoms with van der Waals surface area (Å²) in [5.74, 6) is -0.888. The van der Waals surface area contributed by atoms with E-state index >= 15 is 0 Å². The Morgan fingerprint density at radius 3 is 2.67 bits per heavy atom. The highest BCUT2D eigenvalue weighted by Gasteiger charge is 2.16. The van der Waals surface area contributed by atoms with E-state index in [0.717, 1.165) is 22.7 Å². The van der Waals surface area contributed by atoms with Gasteiger partial charge in [0.15, 0.2) is 11.5 Å². The van der Waals surface area contributed by atoms with Crippen LogP contribution in [0.3, 0.4) is 0 Å². The second kappa shape index (κ2) is 6.22. The molecule has 0 atom stereocenters. The largest absolute Gasteiger partial charge is 0.454 e. The molecule has 0 fully saturated rings. The van der Waals surface area contributed by atoms with Crippen LogP contribution in [0.15, 0.2) is 47.4 Å². The number of halogens is 2. The van der Waals surface area contributed by atoms with E-state index in [2.05, 4.69) is 5.32 Å². The molecule has 1 N–H and O–H groups in total. The van der Waals surface area contributed by atoms with Crippen molar-refractivity contribution in [2.75, 3.05) is 12.1 Å². The molecule has 6 heteroatoms. The van der Waals surface area contributed by atoms with Crippen molar-refractivity contribution in [1.82, 2.24) is 0 Å². The molecule has 3 rings (SSSR count). The van der Waals surface area contributed by atoms with Gasteiger partial charge in [-0.15, -0.1) is 0 Å². The summed E-state index contributed by atoms with van der Waals surface area (Å²) in [6, 6.07) is 12.6. The Morgan fingerprint density at radius 1 is 1.10 bits per heavy atom. The Balaban J connectivity index is 1.64. The molecular formula is C15H13F2NO2S. The lowest BCUT2D eigenvalue weighted by atomic mass is 10.2. The van der Waals surface area contributed by atoms with Gasteiger partial charge in [0.1, 0.15) is 0 Å². The molecule has 21 heavy (non-hydrogen) atoms. The zero-order chi connectivity index (χ0) is 14.7. The summed E-state index contributed by atoms with van der Waals surface area (Å²) in [6.45, 7) is 0.819. The van der Waals surface area contributed by atoms with Crippen molar-refractivity contribution in [3.8, 4) is 11.5 Å². The van der Waals surface area contributed by atoms with Gasteiger partial charge >= 0.3 is 0 Å². The summed E-state index contributed by atoms with van der Waals surface area (Å²) in [5, 5.41) is 3.24. The third-order valence-corrected chi connectivity index (χ3v) is 3.76. The lowest BCUT2D eigenvalue weighted by molar-refractivity contribution is 0.173. The van der Waals surface area contributed by atoms with Crippen molar-refractivity contribution in [2.24, 2.45) is 0 Å². The van der Waals surface area contributed by atoms with E-state index in [9.17, 15) is 8.78 Å². The Hall–Kier alpha value is -1.95. The molecule has 110 valence electrons. The summed E-state index contributed by atoms with van der Waals surface area (Å²) in [4.78, 5) is 0.549. The minimum atomic E-state index is -2.40. The first-order valence-electron chi connectivity index (χ1n) is 6.38. The Morgan fingerprint density at radius 2 is 1.90 bits per heavy atom. The number of fused-ring (bicyclic) bond motifs is 1. The fourth-order valence-corrected chi connectivity index (χ4v) is 2.58. The fourth-order valence-electron chi connectivity index (χ4n) is 2.08. The lowest BCUT2D eigenvalue weighted by Gasteiger charge is -2.09. The quantitative estimate of drug-likeness (QED) is 0.832. The van der Waals surface area contributed by atoms with Gasteiger partial charge in [-0.25, -0.2) is 0 Å². The van der Waals surface area contributed by atoms with E-state index in [0.29, 0.717) is 23.2 Å². The molecule has 1 aliphatic rings. The summed E-state index contributed by atoms with van der Waals surface area (Å²) in [6.07, 6.45) is 0. The van der Waals surface area contributed by atoms with E-state index < -0.39 is 5.76 Å². The van der Waals surface area contributed by atoms with Gasteiger partial charge in [0.25, 0.3) is 5.76 Å². The first-order valence-corrected chi connectivity index (χ1v) is 7.26. The topological polar surface area (TPSA) is 30.5 Å². The Kier molecular flexibility index (Phi) is 4.15. The van der Waals surface area contributed by atoms with Crippen LogP contribution >= 0.6 is 11.8 Å². The zero-order valence-corrected chi connectivity index (χ0v) is 11.8. The zero-order valence-electron chi connectivity index (χ0n) is 11.0. The molecule has 1 heterocycles. The fraction of sp³-hybridized carbons (Fsp3) is 0.200. The molecule has 1 aliphatic heterocycles. The van der Waals surface area contributed by atoms with Crippen LogP contribution in [0.2, 0.25) is 0 Å². The van der Waals surface area contributed by atoms with Crippen molar-refractivity contribution < 1.29 is 18.3 Å². The molecule has 0 bridgehead atoms. The van der Waals surface area contributed by atoms with Crippen molar-refractivity contribution in [2.45, 2.75) is 17.2 Å². The second-order valence-corrected chi connectivity index (χ2v) is 5.47. The SMILES string of the molecule is FC(F)Sc1ccc(NCc2cccc3c2OCO3)cc1. The maximum Gasteiger partial charge on any atom is 0.288 e. The van der Waals surface area contributed by atoms with Crippen LogP contribution in [0.4, 0.5) is 14.5 Å². The summed E-state index contributed by atoms with van der Waals surface area (Å²) >= 11 is 0.540. The van der Waals surface area contributed by atoms with Crippen molar-refractivity contribution in [3.05, 3.63) is 48.0 Å². The molecule has 2 aromatic rings. The first-order chi connectivity index (χ1) is 10.2. The number of hydrogen-bond donors (Lipinski definition) is 1. The van der Waals surface area contributed by atoms with Gasteiger partial charge in [0.2, 0.25) is 6.79 Å². The van der Waals surface area contributed by atoms with E-state index in [-0.39, 0.29) is 6.79 Å². The number of rotatable bonds is 5. The van der Waals surface area contributed by atoms with Crippen LogP contribution in [0.5, 0.6) is 11.5 Å². The number of hydrogen-bond acceptors (Lipinski definition) is 4. The minimum absolute atomic E-state index is 0.242. The molecule has 0 unspecified atom stereocenters. The highest BCUT2D eigenvalue weighted by Crippen LogP contribution is 2.35. The minimum Gasteiger partial charge on any atom is -0.454 e. The number of ether oxygens (including phenoxy) is 2. The van der Waals surface area contributed by atoms with E-state index in [1.54, 1.807) is 24.3 Å². The predicted molar refractivity (Wildman–Crippen MR) is 78.2 cm³/mol. The molecule has 0 amide bonds. The first kappa shape index (κ1) is 14.0. The van der Waals surface area contributed by atoms with Gasteiger partial charge in [-0.2, -0.15) is 8.78 Å². The molecule has 0 aliphatic carbocycles. The Labute approximate surface area is 125 Å². The van der Waals surface area contributed by atoms with Crippen LogP contribution in [0, 0.1) is 0 Å². The maximum atomic E-state index is 12.2. The second-order valence-electron chi connectivity index (χ2n) is 4.41. The third kappa shape index (κ3) is 3.39. The van der Waals surface area contributed by atoms with E-state index in [1.165, 1.54) is 0 Å². The van der Waals surface area contributed by atoms with Gasteiger partial charge in [0, 0.05) is 22.7 Å². The standard InChI is InChI=1S/C15H13F2NO2S/c16-15(17)21-12-6-4-11(5-7-12)18-8-10-2-1-3-13-14(10)20-9-19-13/h1-7,15,18H,8-9H2. The normalized spacial score (nSPS) is 12.7. The highest BCUT2D eigenvalue weighted by molar-refractivity contribution is 7.99. The molecular weight excluding hydrogens is 296 g/mol. The number of para-hydroxylation sites is 1. The number of nitrogens with one attached hydrogen (secondary N) is 1. The number of thioether (sulfide) groups is 1. The Bertz CT molecular complexity index is 620. The van der Waals surface area contributed by atoms with Crippen LogP contribution in [0.1, 0.15) is 5.56 Å². The van der Waals surface area contributed by atoms with Crippen LogP contribution in [-0.2, 0) is 6.54 Å². The average Bonchev–Trinajstić information content (AvgIpc) is 2.95. The number of anilines is 1. The molecule has 0 radical (unpaired) electrons. The average molecular weight is 309 g/mol. The summed E-state index contributed by atoms with van der Waals surface area (Å²) in [7, 11) is 0. The summed E-state index contributed by atoms with van der Waals surface area (Å²) in [5.41, 5.74) is 1.86. The van der Waals surface area contributed by atoms with Gasteiger partial charge in [-0.3, -0.25) is 0 Å². The van der Waals surface area contributed by atoms with Crippen LogP contribution < -0.4 is 14.8 Å². The van der Waals surface area contributed by atoms with Crippen LogP contribution in [-0.4, -0.2) is 12.6 Å². The van der Waals surface area contributed by atoms with Gasteiger partial charge < -0.3 is 14.8 Å². The molecule has 0 saturated carbocycles. The van der Waals surface area contributed by atoms with E-state index in [1.807, 2.05) is 18.2 Å². The smallest absolute Gasteiger partial charge is 0.288 e. The van der Waals surface area contributed by atoms with Gasteiger partial charge in [-0.1, -0.05) is 23.9 Å².